The molecule has 134 valence electrons. The maximum Gasteiger partial charge on any atom is 0.252 e. The molecule has 0 bridgehead atoms. The molecule has 1 amide bonds. The molecular weight excluding hydrogens is 356 g/mol. The lowest BCUT2D eigenvalue weighted by Crippen LogP contribution is -2.28. The Bertz CT molecular complexity index is 874. The van der Waals surface area contributed by atoms with Crippen LogP contribution < -0.4 is 5.73 Å². The third-order valence-electron chi connectivity index (χ3n) is 4.56. The van der Waals surface area contributed by atoms with Gasteiger partial charge in [0.15, 0.2) is 0 Å². The Balaban J connectivity index is 1.69. The number of hydrogen-bond acceptors (Lipinski definition) is 4. The number of rotatable bonds is 6. The first-order valence-electron chi connectivity index (χ1n) is 8.37. The van der Waals surface area contributed by atoms with Crippen molar-refractivity contribution in [3.63, 3.8) is 0 Å². The van der Waals surface area contributed by atoms with Crippen molar-refractivity contribution in [3.05, 3.63) is 52.4 Å². The van der Waals surface area contributed by atoms with Crippen molar-refractivity contribution in [3.8, 4) is 0 Å². The highest BCUT2D eigenvalue weighted by molar-refractivity contribution is 7.91. The SMILES string of the molecule is CCc1ccc(S(=O)(=O)N2CCC(Cc3cccc(C(N)=O)c3)C2)s1. The Morgan fingerprint density at radius 1 is 1.32 bits per heavy atom. The monoisotopic (exact) mass is 378 g/mol. The van der Waals surface area contributed by atoms with Crippen LogP contribution in [0.5, 0.6) is 0 Å². The van der Waals surface area contributed by atoms with Gasteiger partial charge in [0, 0.05) is 23.5 Å². The van der Waals surface area contributed by atoms with E-state index in [2.05, 4.69) is 0 Å². The first-order valence-corrected chi connectivity index (χ1v) is 10.6. The molecular formula is C18H22N2O3S2. The van der Waals surface area contributed by atoms with Gasteiger partial charge in [0.25, 0.3) is 10.0 Å². The van der Waals surface area contributed by atoms with Crippen molar-refractivity contribution < 1.29 is 13.2 Å². The van der Waals surface area contributed by atoms with Gasteiger partial charge in [-0.1, -0.05) is 19.1 Å². The van der Waals surface area contributed by atoms with E-state index in [1.54, 1.807) is 22.5 Å². The van der Waals surface area contributed by atoms with Gasteiger partial charge in [0.2, 0.25) is 5.91 Å². The fourth-order valence-electron chi connectivity index (χ4n) is 3.18. The number of aryl methyl sites for hydroxylation is 1. The molecule has 7 heteroatoms. The summed E-state index contributed by atoms with van der Waals surface area (Å²) >= 11 is 1.36. The van der Waals surface area contributed by atoms with Crippen LogP contribution in [0.4, 0.5) is 0 Å². The lowest BCUT2D eigenvalue weighted by Gasteiger charge is -2.15. The maximum atomic E-state index is 12.8. The van der Waals surface area contributed by atoms with Crippen LogP contribution in [0.2, 0.25) is 0 Å². The summed E-state index contributed by atoms with van der Waals surface area (Å²) in [5.41, 5.74) is 6.83. The fourth-order valence-corrected chi connectivity index (χ4v) is 6.16. The standard InChI is InChI=1S/C18H22N2O3S2/c1-2-16-6-7-17(24-16)25(22,23)20-9-8-14(12-20)10-13-4-3-5-15(11-13)18(19)21/h3-7,11,14H,2,8-10,12H2,1H3,(H2,19,21). The molecule has 5 nitrogen and oxygen atoms in total. The number of carbonyl (C=O) groups excluding carboxylic acids is 1. The number of primary amides is 1. The Labute approximate surface area is 152 Å². The molecule has 2 N–H and O–H groups in total. The van der Waals surface area contributed by atoms with Gasteiger partial charge in [-0.05, 0) is 55.0 Å². The normalized spacial score (nSPS) is 18.5. The van der Waals surface area contributed by atoms with E-state index >= 15 is 0 Å². The van der Waals surface area contributed by atoms with E-state index in [0.29, 0.717) is 22.9 Å². The summed E-state index contributed by atoms with van der Waals surface area (Å²) in [6.45, 7) is 3.08. The van der Waals surface area contributed by atoms with Gasteiger partial charge in [0.05, 0.1) is 0 Å². The lowest BCUT2D eigenvalue weighted by atomic mass is 9.97. The van der Waals surface area contributed by atoms with E-state index in [-0.39, 0.29) is 5.92 Å². The first-order chi connectivity index (χ1) is 11.9. The predicted octanol–water partition coefficient (Wildman–Crippen LogP) is 2.66. The summed E-state index contributed by atoms with van der Waals surface area (Å²) in [5, 5.41) is 0. The highest BCUT2D eigenvalue weighted by Crippen LogP contribution is 2.30. The quantitative estimate of drug-likeness (QED) is 0.839. The molecule has 25 heavy (non-hydrogen) atoms. The smallest absolute Gasteiger partial charge is 0.252 e. The second-order valence-electron chi connectivity index (χ2n) is 6.36. The predicted molar refractivity (Wildman–Crippen MR) is 99.2 cm³/mol. The highest BCUT2D eigenvalue weighted by Gasteiger charge is 2.33. The van der Waals surface area contributed by atoms with Crippen LogP contribution in [0, 0.1) is 5.92 Å². The molecule has 0 spiro atoms. The second-order valence-corrected chi connectivity index (χ2v) is 9.69. The van der Waals surface area contributed by atoms with Gasteiger partial charge in [-0.15, -0.1) is 11.3 Å². The van der Waals surface area contributed by atoms with Crippen LogP contribution in [0.25, 0.3) is 0 Å². The molecule has 1 aliphatic heterocycles. The molecule has 2 aromatic rings. The number of carbonyl (C=O) groups is 1. The summed E-state index contributed by atoms with van der Waals surface area (Å²) in [6.07, 6.45) is 2.42. The summed E-state index contributed by atoms with van der Waals surface area (Å²) < 4.78 is 27.6. The third-order valence-corrected chi connectivity index (χ3v) is 8.13. The molecule has 1 aromatic heterocycles. The number of hydrogen-bond donors (Lipinski definition) is 1. The number of sulfonamides is 1. The van der Waals surface area contributed by atoms with E-state index in [9.17, 15) is 13.2 Å². The lowest BCUT2D eigenvalue weighted by molar-refractivity contribution is 0.1000. The topological polar surface area (TPSA) is 80.5 Å². The molecule has 0 radical (unpaired) electrons. The summed E-state index contributed by atoms with van der Waals surface area (Å²) in [4.78, 5) is 12.4. The Morgan fingerprint density at radius 3 is 2.80 bits per heavy atom. The van der Waals surface area contributed by atoms with Crippen LogP contribution in [-0.4, -0.2) is 31.7 Å². The fraction of sp³-hybridized carbons (Fsp3) is 0.389. The van der Waals surface area contributed by atoms with Crippen molar-refractivity contribution in [2.75, 3.05) is 13.1 Å². The zero-order valence-electron chi connectivity index (χ0n) is 14.1. The Hall–Kier alpha value is -1.70. The maximum absolute atomic E-state index is 12.8. The summed E-state index contributed by atoms with van der Waals surface area (Å²) in [6, 6.07) is 10.9. The van der Waals surface area contributed by atoms with Crippen LogP contribution in [0.3, 0.4) is 0 Å². The van der Waals surface area contributed by atoms with E-state index < -0.39 is 15.9 Å². The van der Waals surface area contributed by atoms with Gasteiger partial charge >= 0.3 is 0 Å². The van der Waals surface area contributed by atoms with Crippen LogP contribution in [-0.2, 0) is 22.9 Å². The molecule has 2 heterocycles. The zero-order chi connectivity index (χ0) is 18.0. The summed E-state index contributed by atoms with van der Waals surface area (Å²) in [7, 11) is -3.40. The van der Waals surface area contributed by atoms with E-state index in [1.165, 1.54) is 11.3 Å². The second kappa shape index (κ2) is 7.27. The van der Waals surface area contributed by atoms with Gasteiger partial charge in [-0.2, -0.15) is 4.31 Å². The van der Waals surface area contributed by atoms with Crippen LogP contribution >= 0.6 is 11.3 Å². The van der Waals surface area contributed by atoms with Crippen molar-refractivity contribution in [2.24, 2.45) is 11.7 Å². The molecule has 1 atom stereocenters. The minimum absolute atomic E-state index is 0.253. The van der Waals surface area contributed by atoms with E-state index in [0.717, 1.165) is 29.7 Å². The number of benzene rings is 1. The van der Waals surface area contributed by atoms with Gasteiger partial charge < -0.3 is 5.73 Å². The van der Waals surface area contributed by atoms with Crippen LogP contribution in [0.15, 0.2) is 40.6 Å². The summed E-state index contributed by atoms with van der Waals surface area (Å²) in [5.74, 6) is -0.189. The number of amides is 1. The van der Waals surface area contributed by atoms with Crippen molar-refractivity contribution in [1.82, 2.24) is 4.31 Å². The van der Waals surface area contributed by atoms with Gasteiger partial charge in [-0.25, -0.2) is 8.42 Å². The zero-order valence-corrected chi connectivity index (χ0v) is 15.8. The average molecular weight is 379 g/mol. The molecule has 1 aromatic carbocycles. The largest absolute Gasteiger partial charge is 0.366 e. The first kappa shape index (κ1) is 18.1. The van der Waals surface area contributed by atoms with Crippen LogP contribution in [0.1, 0.15) is 34.1 Å². The molecule has 0 saturated carbocycles. The highest BCUT2D eigenvalue weighted by atomic mass is 32.2. The number of nitrogens with zero attached hydrogens (tertiary/aromatic N) is 1. The number of thiophene rings is 1. The number of nitrogens with two attached hydrogens (primary N) is 1. The van der Waals surface area contributed by atoms with Crippen molar-refractivity contribution in [1.29, 1.82) is 0 Å². The molecule has 1 fully saturated rings. The van der Waals surface area contributed by atoms with E-state index in [4.69, 9.17) is 5.73 Å². The van der Waals surface area contributed by atoms with Crippen molar-refractivity contribution >= 4 is 27.3 Å². The molecule has 1 aliphatic rings. The minimum atomic E-state index is -3.40. The van der Waals surface area contributed by atoms with Gasteiger partial charge in [-0.3, -0.25) is 4.79 Å². The molecule has 3 rings (SSSR count). The van der Waals surface area contributed by atoms with E-state index in [1.807, 2.05) is 25.1 Å². The minimum Gasteiger partial charge on any atom is -0.366 e. The average Bonchev–Trinajstić information content (AvgIpc) is 3.24. The third kappa shape index (κ3) is 3.94. The molecule has 1 saturated heterocycles. The Morgan fingerprint density at radius 2 is 2.12 bits per heavy atom. The van der Waals surface area contributed by atoms with Gasteiger partial charge in [0.1, 0.15) is 4.21 Å². The molecule has 0 aliphatic carbocycles. The van der Waals surface area contributed by atoms with Crippen molar-refractivity contribution in [2.45, 2.75) is 30.4 Å². The Kier molecular flexibility index (Phi) is 5.27. The molecule has 1 unspecified atom stereocenters.